The van der Waals surface area contributed by atoms with Gasteiger partial charge in [0.2, 0.25) is 0 Å². The summed E-state index contributed by atoms with van der Waals surface area (Å²) >= 11 is 0. The Morgan fingerprint density at radius 3 is 1.90 bits per heavy atom. The van der Waals surface area contributed by atoms with Gasteiger partial charge < -0.3 is 0 Å². The minimum absolute atomic E-state index is 0. The van der Waals surface area contributed by atoms with Crippen LogP contribution in [0.15, 0.2) is 78.9 Å². The molecule has 0 saturated carbocycles. The van der Waals surface area contributed by atoms with Gasteiger partial charge in [0.05, 0.1) is 0 Å². The van der Waals surface area contributed by atoms with E-state index in [9.17, 15) is 13.6 Å². The van der Waals surface area contributed by atoms with Crippen molar-refractivity contribution in [1.82, 2.24) is 4.90 Å². The maximum absolute atomic E-state index is 13.5. The van der Waals surface area contributed by atoms with Gasteiger partial charge in [-0.15, -0.1) is 12.4 Å². The second kappa shape index (κ2) is 9.96. The van der Waals surface area contributed by atoms with E-state index in [1.165, 1.54) is 29.8 Å². The highest BCUT2D eigenvalue weighted by atomic mass is 35.5. The van der Waals surface area contributed by atoms with E-state index in [4.69, 9.17) is 0 Å². The maximum Gasteiger partial charge on any atom is 0.139 e. The lowest BCUT2D eigenvalue weighted by Crippen LogP contribution is -2.43. The van der Waals surface area contributed by atoms with Crippen LogP contribution in [0, 0.1) is 17.6 Å². The van der Waals surface area contributed by atoms with E-state index in [0.29, 0.717) is 13.0 Å². The largest absolute Gasteiger partial charge is 0.299 e. The number of nitrogens with zero attached hydrogens (tertiary/aromatic N) is 1. The molecule has 5 heteroatoms. The first-order chi connectivity index (χ1) is 14.1. The molecular formula is C25H24ClF2NO. The van der Waals surface area contributed by atoms with Crippen molar-refractivity contribution in [2.45, 2.75) is 18.9 Å². The zero-order valence-corrected chi connectivity index (χ0v) is 17.3. The molecule has 0 N–H and O–H groups in total. The minimum atomic E-state index is -0.313. The Hall–Kier alpha value is -2.56. The topological polar surface area (TPSA) is 20.3 Å². The second-order valence-electron chi connectivity index (χ2n) is 7.62. The van der Waals surface area contributed by atoms with Gasteiger partial charge in [-0.05, 0) is 41.0 Å². The summed E-state index contributed by atoms with van der Waals surface area (Å²) in [5, 5.41) is 0. The van der Waals surface area contributed by atoms with Gasteiger partial charge in [0.25, 0.3) is 0 Å². The number of hydrogen-bond acceptors (Lipinski definition) is 2. The van der Waals surface area contributed by atoms with Crippen LogP contribution in [-0.4, -0.2) is 23.8 Å². The molecule has 1 saturated heterocycles. The third kappa shape index (κ3) is 5.13. The zero-order valence-electron chi connectivity index (χ0n) is 16.5. The van der Waals surface area contributed by atoms with Crippen LogP contribution in [-0.2, 0) is 11.3 Å². The summed E-state index contributed by atoms with van der Waals surface area (Å²) in [6.07, 6.45) is 0.483. The van der Waals surface area contributed by atoms with Crippen LogP contribution < -0.4 is 0 Å². The fraction of sp³-hybridized carbons (Fsp3) is 0.240. The van der Waals surface area contributed by atoms with Crippen molar-refractivity contribution in [3.05, 3.63) is 107 Å². The number of hydrogen-bond donors (Lipinski definition) is 0. The Bertz CT molecular complexity index is 915. The van der Waals surface area contributed by atoms with Crippen molar-refractivity contribution in [3.63, 3.8) is 0 Å². The number of piperidine rings is 1. The highest BCUT2D eigenvalue weighted by molar-refractivity contribution is 5.85. The van der Waals surface area contributed by atoms with E-state index < -0.39 is 0 Å². The number of halogens is 3. The van der Waals surface area contributed by atoms with Crippen molar-refractivity contribution in [2.24, 2.45) is 5.92 Å². The summed E-state index contributed by atoms with van der Waals surface area (Å²) in [5.74, 6) is -0.918. The molecule has 1 fully saturated rings. The second-order valence-corrected chi connectivity index (χ2v) is 7.62. The van der Waals surface area contributed by atoms with Gasteiger partial charge in [0.15, 0.2) is 0 Å². The Morgan fingerprint density at radius 1 is 0.833 bits per heavy atom. The maximum atomic E-state index is 13.5. The van der Waals surface area contributed by atoms with Gasteiger partial charge in [0, 0.05) is 37.9 Å². The van der Waals surface area contributed by atoms with Gasteiger partial charge in [-0.3, -0.25) is 9.69 Å². The highest BCUT2D eigenvalue weighted by Gasteiger charge is 2.35. The average Bonchev–Trinajstić information content (AvgIpc) is 2.74. The molecule has 3 aromatic rings. The fourth-order valence-electron chi connectivity index (χ4n) is 4.20. The number of carbonyl (C=O) groups excluding carboxylic acids is 1. The molecule has 2 nitrogen and oxygen atoms in total. The van der Waals surface area contributed by atoms with Crippen LogP contribution in [0.5, 0.6) is 0 Å². The number of ketones is 1. The number of likely N-dealkylation sites (tertiary alicyclic amines) is 1. The zero-order chi connectivity index (χ0) is 20.2. The van der Waals surface area contributed by atoms with E-state index in [0.717, 1.165) is 24.2 Å². The van der Waals surface area contributed by atoms with Crippen LogP contribution in [0.1, 0.15) is 29.0 Å². The molecule has 30 heavy (non-hydrogen) atoms. The third-order valence-electron chi connectivity index (χ3n) is 5.65. The Balaban J connectivity index is 0.00000256. The van der Waals surface area contributed by atoms with E-state index in [-0.39, 0.29) is 41.7 Å². The Labute approximate surface area is 181 Å². The van der Waals surface area contributed by atoms with Gasteiger partial charge in [-0.1, -0.05) is 54.6 Å². The molecule has 0 radical (unpaired) electrons. The van der Waals surface area contributed by atoms with Crippen LogP contribution >= 0.6 is 12.4 Å². The lowest BCUT2D eigenvalue weighted by Gasteiger charge is -2.36. The van der Waals surface area contributed by atoms with E-state index in [1.54, 1.807) is 24.3 Å². The predicted molar refractivity (Wildman–Crippen MR) is 117 cm³/mol. The summed E-state index contributed by atoms with van der Waals surface area (Å²) < 4.78 is 27.0. The summed E-state index contributed by atoms with van der Waals surface area (Å²) in [6.45, 7) is 2.13. The molecule has 1 aliphatic rings. The van der Waals surface area contributed by atoms with Gasteiger partial charge >= 0.3 is 0 Å². The standard InChI is InChI=1S/C25H23F2NO.ClH/c26-21-10-6-19(7-11-21)25(20-8-12-22(27)13-9-20)23-17-28(15-14-24(23)29)16-18-4-2-1-3-5-18;/h1-13,23,25H,14-17H2;1H. The fourth-order valence-corrected chi connectivity index (χ4v) is 4.20. The lowest BCUT2D eigenvalue weighted by atomic mass is 9.76. The first-order valence-corrected chi connectivity index (χ1v) is 9.90. The van der Waals surface area contributed by atoms with Crippen molar-refractivity contribution in [2.75, 3.05) is 13.1 Å². The van der Waals surface area contributed by atoms with Gasteiger partial charge in [-0.25, -0.2) is 8.78 Å². The number of rotatable bonds is 5. The smallest absolute Gasteiger partial charge is 0.139 e. The third-order valence-corrected chi connectivity index (χ3v) is 5.65. The molecule has 0 bridgehead atoms. The molecule has 1 unspecified atom stereocenters. The molecule has 1 aliphatic heterocycles. The molecule has 0 spiro atoms. The minimum Gasteiger partial charge on any atom is -0.299 e. The normalized spacial score (nSPS) is 17.0. The Morgan fingerprint density at radius 2 is 1.37 bits per heavy atom. The van der Waals surface area contributed by atoms with Crippen LogP contribution in [0.25, 0.3) is 0 Å². The van der Waals surface area contributed by atoms with E-state index in [1.807, 2.05) is 18.2 Å². The number of carbonyl (C=O) groups is 1. The molecule has 3 aromatic carbocycles. The summed E-state index contributed by atoms with van der Waals surface area (Å²) in [4.78, 5) is 15.2. The van der Waals surface area contributed by atoms with Crippen molar-refractivity contribution in [1.29, 1.82) is 0 Å². The SMILES string of the molecule is Cl.O=C1CCN(Cc2ccccc2)CC1C(c1ccc(F)cc1)c1ccc(F)cc1. The highest BCUT2D eigenvalue weighted by Crippen LogP contribution is 2.36. The van der Waals surface area contributed by atoms with Crippen molar-refractivity contribution < 1.29 is 13.6 Å². The molecule has 4 rings (SSSR count). The number of Topliss-reactive ketones (excluding diaryl/α,β-unsaturated/α-hetero) is 1. The van der Waals surface area contributed by atoms with Crippen LogP contribution in [0.2, 0.25) is 0 Å². The van der Waals surface area contributed by atoms with Crippen LogP contribution in [0.3, 0.4) is 0 Å². The molecule has 0 aliphatic carbocycles. The summed E-state index contributed by atoms with van der Waals surface area (Å²) in [5.41, 5.74) is 2.96. The summed E-state index contributed by atoms with van der Waals surface area (Å²) in [7, 11) is 0. The van der Waals surface area contributed by atoms with Gasteiger partial charge in [0.1, 0.15) is 17.4 Å². The van der Waals surface area contributed by atoms with E-state index in [2.05, 4.69) is 17.0 Å². The molecular weight excluding hydrogens is 404 g/mol. The predicted octanol–water partition coefficient (Wildman–Crippen LogP) is 5.61. The first-order valence-electron chi connectivity index (χ1n) is 9.90. The Kier molecular flexibility index (Phi) is 7.35. The molecule has 0 aromatic heterocycles. The monoisotopic (exact) mass is 427 g/mol. The van der Waals surface area contributed by atoms with Gasteiger partial charge in [-0.2, -0.15) is 0 Å². The quantitative estimate of drug-likeness (QED) is 0.527. The molecule has 156 valence electrons. The number of benzene rings is 3. The molecule has 0 amide bonds. The van der Waals surface area contributed by atoms with Crippen molar-refractivity contribution in [3.8, 4) is 0 Å². The van der Waals surface area contributed by atoms with E-state index >= 15 is 0 Å². The molecule has 1 atom stereocenters. The average molecular weight is 428 g/mol. The summed E-state index contributed by atoms with van der Waals surface area (Å²) in [6, 6.07) is 22.8. The van der Waals surface area contributed by atoms with Crippen molar-refractivity contribution >= 4 is 18.2 Å². The lowest BCUT2D eigenvalue weighted by molar-refractivity contribution is -0.126. The first kappa shape index (κ1) is 22.1. The van der Waals surface area contributed by atoms with Crippen LogP contribution in [0.4, 0.5) is 8.78 Å². The molecule has 1 heterocycles.